The molecule has 3 rings (SSSR count). The Labute approximate surface area is 117 Å². The largest absolute Gasteiger partial charge is 0.504 e. The Hall–Kier alpha value is -2.23. The van der Waals surface area contributed by atoms with E-state index < -0.39 is 0 Å². The average molecular weight is 270 g/mol. The Bertz CT molecular complexity index is 773. The molecule has 4 heteroatoms. The van der Waals surface area contributed by atoms with Crippen LogP contribution in [0.4, 0.5) is 0 Å². The Kier molecular flexibility index (Phi) is 3.01. The lowest BCUT2D eigenvalue weighted by Gasteiger charge is -2.07. The van der Waals surface area contributed by atoms with Crippen LogP contribution in [0, 0.1) is 0 Å². The molecule has 3 aromatic rings. The molecule has 1 aromatic heterocycles. The molecule has 0 amide bonds. The third kappa shape index (κ3) is 1.72. The van der Waals surface area contributed by atoms with Gasteiger partial charge in [-0.05, 0) is 12.8 Å². The Morgan fingerprint density at radius 1 is 1.05 bits per heavy atom. The van der Waals surface area contributed by atoms with Crippen molar-refractivity contribution < 1.29 is 10.2 Å². The highest BCUT2D eigenvalue weighted by molar-refractivity contribution is 6.10. The summed E-state index contributed by atoms with van der Waals surface area (Å²) in [6, 6.07) is 7.44. The van der Waals surface area contributed by atoms with Gasteiger partial charge in [-0.3, -0.25) is 0 Å². The number of nitrogens with zero attached hydrogens (tertiary/aromatic N) is 1. The van der Waals surface area contributed by atoms with Crippen LogP contribution in [0.25, 0.3) is 21.8 Å². The monoisotopic (exact) mass is 270 g/mol. The van der Waals surface area contributed by atoms with Gasteiger partial charge in [-0.25, -0.2) is 4.98 Å². The summed E-state index contributed by atoms with van der Waals surface area (Å²) in [6.07, 6.45) is 1.97. The van der Waals surface area contributed by atoms with Gasteiger partial charge < -0.3 is 15.2 Å². The van der Waals surface area contributed by atoms with Crippen molar-refractivity contribution in [2.45, 2.75) is 32.6 Å². The molecule has 2 aromatic carbocycles. The summed E-state index contributed by atoms with van der Waals surface area (Å²) >= 11 is 0. The second-order valence-electron chi connectivity index (χ2n) is 5.10. The van der Waals surface area contributed by atoms with Gasteiger partial charge in [0.15, 0.2) is 11.5 Å². The summed E-state index contributed by atoms with van der Waals surface area (Å²) in [7, 11) is 0. The molecule has 1 heterocycles. The van der Waals surface area contributed by atoms with Gasteiger partial charge in [-0.15, -0.1) is 0 Å². The second kappa shape index (κ2) is 4.71. The van der Waals surface area contributed by atoms with E-state index in [1.807, 2.05) is 18.2 Å². The molecule has 0 spiro atoms. The van der Waals surface area contributed by atoms with Gasteiger partial charge in [-0.1, -0.05) is 38.1 Å². The van der Waals surface area contributed by atoms with E-state index in [1.165, 1.54) is 0 Å². The number of hydrogen-bond acceptors (Lipinski definition) is 3. The maximum absolute atomic E-state index is 10.2. The van der Waals surface area contributed by atoms with Crippen LogP contribution in [0.2, 0.25) is 0 Å². The van der Waals surface area contributed by atoms with Gasteiger partial charge in [0.1, 0.15) is 16.9 Å². The number of fused-ring (bicyclic) bond motifs is 3. The summed E-state index contributed by atoms with van der Waals surface area (Å²) < 4.78 is 0. The molecule has 0 fully saturated rings. The number of H-pyrrole nitrogens is 1. The predicted octanol–water partition coefficient (Wildman–Crippen LogP) is 4.03. The first kappa shape index (κ1) is 12.8. The van der Waals surface area contributed by atoms with E-state index in [-0.39, 0.29) is 11.5 Å². The SMILES string of the molecule is CCC(CC)c1nc2c([nH]1)c(O)c(O)c1ccccc12. The van der Waals surface area contributed by atoms with Crippen LogP contribution >= 0.6 is 0 Å². The van der Waals surface area contributed by atoms with Crippen molar-refractivity contribution in [2.24, 2.45) is 0 Å². The molecular formula is C16H18N2O2. The lowest BCUT2D eigenvalue weighted by Crippen LogP contribution is -1.97. The van der Waals surface area contributed by atoms with Crippen LogP contribution in [0.5, 0.6) is 11.5 Å². The number of aromatic nitrogens is 2. The van der Waals surface area contributed by atoms with Crippen molar-refractivity contribution in [1.29, 1.82) is 0 Å². The minimum Gasteiger partial charge on any atom is -0.504 e. The summed E-state index contributed by atoms with van der Waals surface area (Å²) in [4.78, 5) is 7.84. The summed E-state index contributed by atoms with van der Waals surface area (Å²) in [5, 5.41) is 21.8. The third-order valence-electron chi connectivity index (χ3n) is 3.99. The molecule has 0 aliphatic rings. The zero-order valence-corrected chi connectivity index (χ0v) is 11.6. The first-order valence-corrected chi connectivity index (χ1v) is 6.99. The Morgan fingerprint density at radius 2 is 1.70 bits per heavy atom. The number of imidazole rings is 1. The van der Waals surface area contributed by atoms with Gasteiger partial charge in [0.2, 0.25) is 0 Å². The highest BCUT2D eigenvalue weighted by Crippen LogP contribution is 2.41. The topological polar surface area (TPSA) is 69.1 Å². The number of benzene rings is 2. The number of phenolic OH excluding ortho intramolecular Hbond substituents is 2. The molecule has 0 saturated heterocycles. The molecule has 104 valence electrons. The number of hydrogen-bond donors (Lipinski definition) is 3. The second-order valence-corrected chi connectivity index (χ2v) is 5.10. The van der Waals surface area contributed by atoms with E-state index in [4.69, 9.17) is 0 Å². The number of rotatable bonds is 3. The molecule has 0 bridgehead atoms. The van der Waals surface area contributed by atoms with Crippen molar-refractivity contribution in [2.75, 3.05) is 0 Å². The van der Waals surface area contributed by atoms with Crippen LogP contribution in [-0.4, -0.2) is 20.2 Å². The van der Waals surface area contributed by atoms with Gasteiger partial charge in [0.25, 0.3) is 0 Å². The van der Waals surface area contributed by atoms with Crippen molar-refractivity contribution >= 4 is 21.8 Å². The molecular weight excluding hydrogens is 252 g/mol. The molecule has 0 aliphatic carbocycles. The molecule has 0 saturated carbocycles. The fraction of sp³-hybridized carbons (Fsp3) is 0.312. The molecule has 0 unspecified atom stereocenters. The van der Waals surface area contributed by atoms with E-state index >= 15 is 0 Å². The van der Waals surface area contributed by atoms with Crippen LogP contribution in [0.3, 0.4) is 0 Å². The van der Waals surface area contributed by atoms with E-state index in [2.05, 4.69) is 23.8 Å². The number of phenols is 2. The molecule has 3 N–H and O–H groups in total. The highest BCUT2D eigenvalue weighted by Gasteiger charge is 2.19. The van der Waals surface area contributed by atoms with Crippen LogP contribution in [0.1, 0.15) is 38.4 Å². The maximum Gasteiger partial charge on any atom is 0.184 e. The third-order valence-corrected chi connectivity index (χ3v) is 3.99. The standard InChI is InChI=1S/C16H18N2O2/c1-3-9(4-2)16-17-12-10-7-5-6-8-11(10)14(19)15(20)13(12)18-16/h5-9,19-20H,3-4H2,1-2H3,(H,17,18). The zero-order chi connectivity index (χ0) is 14.3. The Balaban J connectivity index is 2.38. The minimum atomic E-state index is -0.122. The van der Waals surface area contributed by atoms with Gasteiger partial charge in [0.05, 0.1) is 0 Å². The van der Waals surface area contributed by atoms with Crippen molar-refractivity contribution in [1.82, 2.24) is 9.97 Å². The van der Waals surface area contributed by atoms with E-state index in [0.29, 0.717) is 16.8 Å². The summed E-state index contributed by atoms with van der Waals surface area (Å²) in [5.41, 5.74) is 1.24. The summed E-state index contributed by atoms with van der Waals surface area (Å²) in [6.45, 7) is 4.24. The lowest BCUT2D eigenvalue weighted by molar-refractivity contribution is 0.412. The number of aromatic amines is 1. The lowest BCUT2D eigenvalue weighted by atomic mass is 10.0. The predicted molar refractivity (Wildman–Crippen MR) is 80.3 cm³/mol. The van der Waals surface area contributed by atoms with E-state index in [0.717, 1.165) is 29.6 Å². The van der Waals surface area contributed by atoms with E-state index in [1.54, 1.807) is 6.07 Å². The minimum absolute atomic E-state index is 0.0900. The first-order chi connectivity index (χ1) is 9.67. The Morgan fingerprint density at radius 3 is 2.35 bits per heavy atom. The van der Waals surface area contributed by atoms with Crippen molar-refractivity contribution in [3.8, 4) is 11.5 Å². The van der Waals surface area contributed by atoms with Crippen LogP contribution in [-0.2, 0) is 0 Å². The fourth-order valence-corrected chi connectivity index (χ4v) is 2.77. The molecule has 0 aliphatic heterocycles. The number of nitrogens with one attached hydrogen (secondary N) is 1. The smallest absolute Gasteiger partial charge is 0.184 e. The van der Waals surface area contributed by atoms with Gasteiger partial charge >= 0.3 is 0 Å². The van der Waals surface area contributed by atoms with Crippen molar-refractivity contribution in [3.05, 3.63) is 30.1 Å². The van der Waals surface area contributed by atoms with Crippen LogP contribution < -0.4 is 0 Å². The zero-order valence-electron chi connectivity index (χ0n) is 11.6. The molecule has 20 heavy (non-hydrogen) atoms. The van der Waals surface area contributed by atoms with Crippen molar-refractivity contribution in [3.63, 3.8) is 0 Å². The molecule has 4 nitrogen and oxygen atoms in total. The quantitative estimate of drug-likeness (QED) is 0.629. The van der Waals surface area contributed by atoms with Gasteiger partial charge in [-0.2, -0.15) is 0 Å². The normalized spacial score (nSPS) is 11.8. The fourth-order valence-electron chi connectivity index (χ4n) is 2.77. The number of aromatic hydroxyl groups is 2. The maximum atomic E-state index is 10.2. The average Bonchev–Trinajstić information content (AvgIpc) is 2.91. The highest BCUT2D eigenvalue weighted by atomic mass is 16.3. The molecule has 0 radical (unpaired) electrons. The summed E-state index contributed by atoms with van der Waals surface area (Å²) in [5.74, 6) is 0.995. The van der Waals surface area contributed by atoms with Gasteiger partial charge in [0, 0.05) is 16.7 Å². The molecule has 0 atom stereocenters. The van der Waals surface area contributed by atoms with Crippen LogP contribution in [0.15, 0.2) is 24.3 Å². The first-order valence-electron chi connectivity index (χ1n) is 6.99. The van der Waals surface area contributed by atoms with E-state index in [9.17, 15) is 10.2 Å².